The number of anilines is 3. The molecule has 2 heterocycles. The topological polar surface area (TPSA) is 29.5 Å². The Kier molecular flexibility index (Phi) is 7.17. The van der Waals surface area contributed by atoms with E-state index in [9.17, 15) is 0 Å². The molecule has 2 aromatic heterocycles. The molecule has 0 aliphatic carbocycles. The van der Waals surface area contributed by atoms with Crippen LogP contribution in [-0.2, 0) is 0 Å². The quantitative estimate of drug-likeness (QED) is 0.173. The molecule has 0 unspecified atom stereocenters. The first-order valence-electron chi connectivity index (χ1n) is 18.7. The number of para-hydroxylation sites is 3. The summed E-state index contributed by atoms with van der Waals surface area (Å²) >= 11 is 0. The Hall–Kier alpha value is -7.36. The summed E-state index contributed by atoms with van der Waals surface area (Å²) in [5.41, 5.74) is 13.6. The van der Waals surface area contributed by atoms with Gasteiger partial charge in [0.1, 0.15) is 22.3 Å². The molecular formula is C52H33NO2. The molecule has 3 nitrogen and oxygen atoms in total. The number of nitrogens with zero attached hydrogens (tertiary/aromatic N) is 1. The van der Waals surface area contributed by atoms with Crippen LogP contribution < -0.4 is 4.90 Å². The lowest BCUT2D eigenvalue weighted by atomic mass is 9.95. The van der Waals surface area contributed by atoms with E-state index in [1.165, 1.54) is 27.5 Å². The molecule has 0 atom stereocenters. The fourth-order valence-corrected chi connectivity index (χ4v) is 8.21. The molecule has 0 fully saturated rings. The summed E-state index contributed by atoms with van der Waals surface area (Å²) in [6.45, 7) is 0. The van der Waals surface area contributed by atoms with Gasteiger partial charge < -0.3 is 13.7 Å². The Morgan fingerprint density at radius 1 is 0.291 bits per heavy atom. The highest BCUT2D eigenvalue weighted by molar-refractivity contribution is 6.10. The number of rotatable bonds is 6. The Balaban J connectivity index is 0.998. The lowest BCUT2D eigenvalue weighted by Crippen LogP contribution is -2.09. The molecule has 0 aliphatic heterocycles. The van der Waals surface area contributed by atoms with E-state index < -0.39 is 0 Å². The van der Waals surface area contributed by atoms with Crippen LogP contribution in [-0.4, -0.2) is 0 Å². The highest BCUT2D eigenvalue weighted by Gasteiger charge is 2.18. The molecule has 9 aromatic carbocycles. The molecule has 0 spiro atoms. The average Bonchev–Trinajstić information content (AvgIpc) is 3.82. The van der Waals surface area contributed by atoms with Gasteiger partial charge >= 0.3 is 0 Å². The summed E-state index contributed by atoms with van der Waals surface area (Å²) in [7, 11) is 0. The smallest absolute Gasteiger partial charge is 0.143 e. The molecule has 55 heavy (non-hydrogen) atoms. The molecule has 0 amide bonds. The predicted molar refractivity (Wildman–Crippen MR) is 229 cm³/mol. The number of benzene rings is 9. The first-order chi connectivity index (χ1) is 27.2. The molecule has 3 heteroatoms. The van der Waals surface area contributed by atoms with Crippen molar-refractivity contribution in [3.63, 3.8) is 0 Å². The Morgan fingerprint density at radius 2 is 0.836 bits per heavy atom. The van der Waals surface area contributed by atoms with Gasteiger partial charge in [0.2, 0.25) is 0 Å². The third-order valence-electron chi connectivity index (χ3n) is 10.9. The second-order valence-electron chi connectivity index (χ2n) is 14.1. The number of hydrogen-bond acceptors (Lipinski definition) is 3. The van der Waals surface area contributed by atoms with E-state index in [2.05, 4.69) is 181 Å². The summed E-state index contributed by atoms with van der Waals surface area (Å²) < 4.78 is 12.8. The van der Waals surface area contributed by atoms with Gasteiger partial charge in [-0.15, -0.1) is 0 Å². The summed E-state index contributed by atoms with van der Waals surface area (Å²) in [5, 5.41) is 6.99. The lowest BCUT2D eigenvalue weighted by Gasteiger charge is -2.26. The molecule has 0 saturated carbocycles. The molecule has 0 radical (unpaired) electrons. The van der Waals surface area contributed by atoms with Crippen LogP contribution in [0.4, 0.5) is 17.1 Å². The minimum atomic E-state index is 0.860. The average molecular weight is 704 g/mol. The van der Waals surface area contributed by atoms with Crippen LogP contribution in [0.2, 0.25) is 0 Å². The van der Waals surface area contributed by atoms with E-state index in [4.69, 9.17) is 8.83 Å². The largest absolute Gasteiger partial charge is 0.456 e. The van der Waals surface area contributed by atoms with Crippen molar-refractivity contribution in [2.45, 2.75) is 0 Å². The Bertz CT molecular complexity index is 3200. The van der Waals surface area contributed by atoms with Gasteiger partial charge in [-0.2, -0.15) is 0 Å². The normalized spacial score (nSPS) is 11.6. The fraction of sp³-hybridized carbons (Fsp3) is 0. The first kappa shape index (κ1) is 31.2. The lowest BCUT2D eigenvalue weighted by molar-refractivity contribution is 0.669. The van der Waals surface area contributed by atoms with Crippen LogP contribution in [0.5, 0.6) is 0 Å². The van der Waals surface area contributed by atoms with Gasteiger partial charge in [0, 0.05) is 50.2 Å². The second kappa shape index (κ2) is 12.6. The molecule has 11 aromatic rings. The van der Waals surface area contributed by atoms with E-state index in [0.29, 0.717) is 0 Å². The number of hydrogen-bond donors (Lipinski definition) is 0. The predicted octanol–water partition coefficient (Wildman–Crippen LogP) is 15.1. The van der Waals surface area contributed by atoms with Crippen LogP contribution in [0, 0.1) is 0 Å². The maximum absolute atomic E-state index is 6.40. The van der Waals surface area contributed by atoms with Gasteiger partial charge in [-0.3, -0.25) is 0 Å². The van der Waals surface area contributed by atoms with Gasteiger partial charge in [-0.1, -0.05) is 140 Å². The minimum Gasteiger partial charge on any atom is -0.456 e. The van der Waals surface area contributed by atoms with E-state index in [-0.39, 0.29) is 0 Å². The third kappa shape index (κ3) is 5.28. The van der Waals surface area contributed by atoms with E-state index in [1.54, 1.807) is 0 Å². The maximum atomic E-state index is 6.40. The molecule has 0 aliphatic rings. The zero-order chi connectivity index (χ0) is 36.3. The van der Waals surface area contributed by atoms with Crippen molar-refractivity contribution >= 4 is 71.7 Å². The summed E-state index contributed by atoms with van der Waals surface area (Å²) in [5.74, 6) is 0. The summed E-state index contributed by atoms with van der Waals surface area (Å²) in [6.07, 6.45) is 0. The fourth-order valence-electron chi connectivity index (χ4n) is 8.21. The van der Waals surface area contributed by atoms with E-state index in [1.807, 2.05) is 24.3 Å². The Labute approximate surface area is 317 Å². The minimum absolute atomic E-state index is 0.860. The van der Waals surface area contributed by atoms with Crippen molar-refractivity contribution < 1.29 is 8.83 Å². The molecule has 11 rings (SSSR count). The van der Waals surface area contributed by atoms with E-state index in [0.717, 1.165) is 77.6 Å². The van der Waals surface area contributed by atoms with Gasteiger partial charge in [0.25, 0.3) is 0 Å². The van der Waals surface area contributed by atoms with Crippen LogP contribution in [0.3, 0.4) is 0 Å². The molecule has 0 saturated heterocycles. The SMILES string of the molecule is c1cc(-c2ccc(N(c3ccc(-c4cccc5c4oc4ccccc45)cc3)c3ccc4c(c3)oc3ccccc34)cc2)cc(-c2cccc3ccccc23)c1. The molecule has 0 N–H and O–H groups in total. The molecule has 0 bridgehead atoms. The van der Waals surface area contributed by atoms with Crippen LogP contribution >= 0.6 is 0 Å². The van der Waals surface area contributed by atoms with Crippen molar-refractivity contribution in [1.29, 1.82) is 0 Å². The standard InChI is InChI=1S/C52H33NO2/c1-2-14-42-35(10-1)11-8-17-43(42)38-13-7-12-37(32-38)34-22-26-39(27-23-34)53(41-30-31-47-45-15-3-5-20-49(45)54-51(47)33-41)40-28-24-36(25-29-40)44-18-9-19-48-46-16-4-6-21-50(46)55-52(44)48/h1-33H. The van der Waals surface area contributed by atoms with Crippen LogP contribution in [0.25, 0.3) is 88.0 Å². The van der Waals surface area contributed by atoms with Crippen molar-refractivity contribution in [2.75, 3.05) is 4.90 Å². The van der Waals surface area contributed by atoms with Crippen molar-refractivity contribution in [3.8, 4) is 33.4 Å². The van der Waals surface area contributed by atoms with Gasteiger partial charge in [-0.25, -0.2) is 0 Å². The highest BCUT2D eigenvalue weighted by atomic mass is 16.3. The monoisotopic (exact) mass is 703 g/mol. The molecular weight excluding hydrogens is 671 g/mol. The van der Waals surface area contributed by atoms with Gasteiger partial charge in [0.15, 0.2) is 0 Å². The van der Waals surface area contributed by atoms with Crippen molar-refractivity contribution in [1.82, 2.24) is 0 Å². The summed E-state index contributed by atoms with van der Waals surface area (Å²) in [4.78, 5) is 2.30. The van der Waals surface area contributed by atoms with Gasteiger partial charge in [0.05, 0.1) is 0 Å². The van der Waals surface area contributed by atoms with Crippen molar-refractivity contribution in [2.24, 2.45) is 0 Å². The Morgan fingerprint density at radius 3 is 1.64 bits per heavy atom. The number of furan rings is 2. The zero-order valence-corrected chi connectivity index (χ0v) is 29.8. The summed E-state index contributed by atoms with van der Waals surface area (Å²) in [6, 6.07) is 71.0. The first-order valence-corrected chi connectivity index (χ1v) is 18.7. The van der Waals surface area contributed by atoms with Gasteiger partial charge in [-0.05, 0) is 93.2 Å². The zero-order valence-electron chi connectivity index (χ0n) is 29.8. The van der Waals surface area contributed by atoms with Crippen LogP contribution in [0.15, 0.2) is 209 Å². The maximum Gasteiger partial charge on any atom is 0.143 e. The van der Waals surface area contributed by atoms with Crippen LogP contribution in [0.1, 0.15) is 0 Å². The second-order valence-corrected chi connectivity index (χ2v) is 14.1. The highest BCUT2D eigenvalue weighted by Crippen LogP contribution is 2.41. The van der Waals surface area contributed by atoms with E-state index >= 15 is 0 Å². The van der Waals surface area contributed by atoms with Crippen molar-refractivity contribution in [3.05, 3.63) is 200 Å². The third-order valence-corrected chi connectivity index (χ3v) is 10.9. The molecule has 258 valence electrons. The number of fused-ring (bicyclic) bond motifs is 7.